The number of likely N-dealkylation sites (tertiary alicyclic amines) is 1. The highest BCUT2D eigenvalue weighted by Gasteiger charge is 2.47. The average molecular weight is 572 g/mol. The van der Waals surface area contributed by atoms with Crippen molar-refractivity contribution in [2.45, 2.75) is 35.7 Å². The molecule has 0 radical (unpaired) electrons. The van der Waals surface area contributed by atoms with Crippen LogP contribution in [0.3, 0.4) is 0 Å². The molecule has 4 amide bonds. The number of hydrogen-bond acceptors (Lipinski definition) is 7. The van der Waals surface area contributed by atoms with Crippen LogP contribution < -0.4 is 20.3 Å². The number of carbonyl (C=O) groups excluding carboxylic acids is 3. The van der Waals surface area contributed by atoms with E-state index >= 15 is 0 Å². The zero-order valence-electron chi connectivity index (χ0n) is 22.3. The Bertz CT molecular complexity index is 1530. The molecule has 1 aromatic heterocycles. The minimum absolute atomic E-state index is 0.193. The summed E-state index contributed by atoms with van der Waals surface area (Å²) in [4.78, 5) is 47.0. The normalized spacial score (nSPS) is 21.1. The molecule has 0 saturated carbocycles. The third-order valence-corrected chi connectivity index (χ3v) is 8.65. The van der Waals surface area contributed by atoms with Crippen LogP contribution >= 0.6 is 11.8 Å². The van der Waals surface area contributed by atoms with Crippen molar-refractivity contribution in [3.63, 3.8) is 0 Å². The summed E-state index contributed by atoms with van der Waals surface area (Å²) in [6.45, 7) is 2.64. The van der Waals surface area contributed by atoms with Crippen LogP contribution in [0.2, 0.25) is 0 Å². The molecule has 3 aliphatic heterocycles. The van der Waals surface area contributed by atoms with Crippen molar-refractivity contribution in [2.24, 2.45) is 0 Å². The molecule has 2 unspecified atom stereocenters. The molecule has 0 spiro atoms. The van der Waals surface area contributed by atoms with E-state index in [2.05, 4.69) is 15.6 Å². The number of pyridine rings is 1. The van der Waals surface area contributed by atoms with Gasteiger partial charge in [-0.25, -0.2) is 9.78 Å². The van der Waals surface area contributed by atoms with Crippen molar-refractivity contribution < 1.29 is 24.2 Å². The van der Waals surface area contributed by atoms with Gasteiger partial charge in [0.2, 0.25) is 11.8 Å². The molecule has 210 valence electrons. The van der Waals surface area contributed by atoms with Crippen molar-refractivity contribution in [1.82, 2.24) is 20.5 Å². The first-order valence-corrected chi connectivity index (χ1v) is 14.3. The van der Waals surface area contributed by atoms with Gasteiger partial charge in [0.05, 0.1) is 24.0 Å². The Morgan fingerprint density at radius 1 is 1.17 bits per heavy atom. The number of thioether (sulfide) groups is 1. The lowest BCUT2D eigenvalue weighted by Gasteiger charge is -2.35. The molecule has 1 saturated heterocycles. The van der Waals surface area contributed by atoms with E-state index in [0.29, 0.717) is 41.7 Å². The topological polar surface area (TPSA) is 124 Å². The van der Waals surface area contributed by atoms with E-state index in [1.807, 2.05) is 55.5 Å². The molecule has 3 aromatic rings. The van der Waals surface area contributed by atoms with Gasteiger partial charge in [-0.3, -0.25) is 14.5 Å². The van der Waals surface area contributed by atoms with Crippen LogP contribution in [0.15, 0.2) is 78.0 Å². The molecule has 3 atom stereocenters. The highest BCUT2D eigenvalue weighted by molar-refractivity contribution is 8.01. The summed E-state index contributed by atoms with van der Waals surface area (Å²) in [5.74, 6) is 0.988. The molecule has 11 heteroatoms. The maximum atomic E-state index is 13.5. The highest BCUT2D eigenvalue weighted by atomic mass is 32.2. The molecule has 41 heavy (non-hydrogen) atoms. The fraction of sp³-hybridized carbons (Fsp3) is 0.267. The maximum Gasteiger partial charge on any atom is 0.327 e. The fourth-order valence-electron chi connectivity index (χ4n) is 5.45. The number of hydrogen-bond donors (Lipinski definition) is 3. The largest absolute Gasteiger partial charge is 0.457 e. The molecule has 10 nitrogen and oxygen atoms in total. The Morgan fingerprint density at radius 3 is 2.78 bits per heavy atom. The summed E-state index contributed by atoms with van der Waals surface area (Å²) in [5.41, 5.74) is 3.07. The SMILES string of the molecule is Cc1cc(Oc2ccccc2)ccc1N1C(=O)NC2c3c1ccnc3S[C@H]2C(=O)NC1CCN(C(=O)/C=C/CO)C1. The summed E-state index contributed by atoms with van der Waals surface area (Å²) >= 11 is 1.34. The number of nitrogens with one attached hydrogen (secondary N) is 2. The smallest absolute Gasteiger partial charge is 0.327 e. The Kier molecular flexibility index (Phi) is 7.38. The molecule has 3 N–H and O–H groups in total. The minimum atomic E-state index is -0.591. The predicted octanol–water partition coefficient (Wildman–Crippen LogP) is 3.82. The first kappa shape index (κ1) is 26.9. The number of anilines is 2. The zero-order chi connectivity index (χ0) is 28.5. The van der Waals surface area contributed by atoms with Crippen LogP contribution in [0.4, 0.5) is 16.2 Å². The number of rotatable bonds is 7. The van der Waals surface area contributed by atoms with Gasteiger partial charge in [-0.15, -0.1) is 0 Å². The lowest BCUT2D eigenvalue weighted by Crippen LogP contribution is -2.50. The van der Waals surface area contributed by atoms with E-state index in [9.17, 15) is 14.4 Å². The van der Waals surface area contributed by atoms with Crippen molar-refractivity contribution in [3.05, 3.63) is 84.1 Å². The fourth-order valence-corrected chi connectivity index (χ4v) is 6.69. The number of aromatic nitrogens is 1. The molecule has 3 aliphatic rings. The van der Waals surface area contributed by atoms with Gasteiger partial charge in [0.15, 0.2) is 0 Å². The standard InChI is InChI=1S/C30H29N5O5S/c1-18-16-21(40-20-6-3-2-4-7-20)9-10-22(18)35-23-11-13-31-29-25(23)26(33-30(35)39)27(41-29)28(38)32-19-12-14-34(17-19)24(37)8-5-15-36/h2-11,13,16,19,26-27,36H,12,14-15,17H2,1H3,(H,32,38)(H,33,39)/b8-5+/t19?,26?,27-/m1/s1. The second kappa shape index (κ2) is 11.3. The molecule has 6 rings (SSSR count). The van der Waals surface area contributed by atoms with E-state index in [0.717, 1.165) is 16.9 Å². The first-order chi connectivity index (χ1) is 19.9. The van der Waals surface area contributed by atoms with Gasteiger partial charge in [0.1, 0.15) is 21.8 Å². The maximum absolute atomic E-state index is 13.5. The Morgan fingerprint density at radius 2 is 2.00 bits per heavy atom. The summed E-state index contributed by atoms with van der Waals surface area (Å²) in [7, 11) is 0. The number of carbonyl (C=O) groups is 3. The number of benzene rings is 2. The van der Waals surface area contributed by atoms with Crippen LogP contribution in [-0.4, -0.2) is 63.8 Å². The highest BCUT2D eigenvalue weighted by Crippen LogP contribution is 2.51. The van der Waals surface area contributed by atoms with Crippen LogP contribution in [0, 0.1) is 6.92 Å². The van der Waals surface area contributed by atoms with E-state index in [1.165, 1.54) is 23.9 Å². The van der Waals surface area contributed by atoms with Gasteiger partial charge in [0.25, 0.3) is 0 Å². The van der Waals surface area contributed by atoms with E-state index in [4.69, 9.17) is 9.84 Å². The van der Waals surface area contributed by atoms with Gasteiger partial charge in [0, 0.05) is 37.0 Å². The van der Waals surface area contributed by atoms with Gasteiger partial charge in [-0.2, -0.15) is 0 Å². The summed E-state index contributed by atoms with van der Waals surface area (Å²) in [6, 6.07) is 15.8. The molecule has 0 bridgehead atoms. The number of nitrogens with zero attached hydrogens (tertiary/aromatic N) is 3. The summed E-state index contributed by atoms with van der Waals surface area (Å²) < 4.78 is 5.96. The number of ether oxygens (including phenoxy) is 1. The molecular weight excluding hydrogens is 542 g/mol. The molecule has 0 aliphatic carbocycles. The van der Waals surface area contributed by atoms with Gasteiger partial charge in [-0.05, 0) is 55.3 Å². The monoisotopic (exact) mass is 571 g/mol. The van der Waals surface area contributed by atoms with E-state index < -0.39 is 11.3 Å². The lowest BCUT2D eigenvalue weighted by molar-refractivity contribution is -0.126. The average Bonchev–Trinajstić information content (AvgIpc) is 3.59. The van der Waals surface area contributed by atoms with Crippen LogP contribution in [0.5, 0.6) is 11.5 Å². The third kappa shape index (κ3) is 5.25. The van der Waals surface area contributed by atoms with Gasteiger partial charge in [-0.1, -0.05) is 36.0 Å². The van der Waals surface area contributed by atoms with Gasteiger partial charge < -0.3 is 25.4 Å². The van der Waals surface area contributed by atoms with Crippen molar-refractivity contribution >= 4 is 41.0 Å². The second-order valence-electron chi connectivity index (χ2n) is 10.1. The third-order valence-electron chi connectivity index (χ3n) is 7.36. The number of amides is 4. The minimum Gasteiger partial charge on any atom is -0.457 e. The van der Waals surface area contributed by atoms with E-state index in [1.54, 1.807) is 22.1 Å². The number of aliphatic hydroxyl groups excluding tert-OH is 1. The summed E-state index contributed by atoms with van der Waals surface area (Å²) in [5, 5.41) is 15.1. The molecular formula is C30H29N5O5S. The number of aryl methyl sites for hydroxylation is 1. The summed E-state index contributed by atoms with van der Waals surface area (Å²) in [6.07, 6.45) is 5.03. The predicted molar refractivity (Wildman–Crippen MR) is 154 cm³/mol. The molecule has 4 heterocycles. The molecule has 1 fully saturated rings. The van der Waals surface area contributed by atoms with Crippen LogP contribution in [-0.2, 0) is 9.59 Å². The number of aliphatic hydroxyl groups is 1. The van der Waals surface area contributed by atoms with Crippen LogP contribution in [0.25, 0.3) is 0 Å². The zero-order valence-corrected chi connectivity index (χ0v) is 23.1. The quantitative estimate of drug-likeness (QED) is 0.368. The van der Waals surface area contributed by atoms with Gasteiger partial charge >= 0.3 is 6.03 Å². The number of urea groups is 1. The number of para-hydroxylation sites is 1. The Hall–Kier alpha value is -4.35. The Balaban J connectivity index is 1.19. The van der Waals surface area contributed by atoms with Crippen molar-refractivity contribution in [2.75, 3.05) is 24.6 Å². The van der Waals surface area contributed by atoms with Crippen LogP contribution in [0.1, 0.15) is 23.6 Å². The van der Waals surface area contributed by atoms with E-state index in [-0.39, 0.29) is 30.5 Å². The van der Waals surface area contributed by atoms with Crippen molar-refractivity contribution in [1.29, 1.82) is 0 Å². The Labute approximate surface area is 241 Å². The lowest BCUT2D eigenvalue weighted by atomic mass is 9.99. The first-order valence-electron chi connectivity index (χ1n) is 13.4. The molecule has 2 aromatic carbocycles. The van der Waals surface area contributed by atoms with Crippen molar-refractivity contribution in [3.8, 4) is 11.5 Å². The second-order valence-corrected chi connectivity index (χ2v) is 11.2.